The molecule has 1 unspecified atom stereocenters. The topological polar surface area (TPSA) is 37.4 Å². The predicted octanol–water partition coefficient (Wildman–Crippen LogP) is 1.15. The van der Waals surface area contributed by atoms with E-state index in [0.717, 1.165) is 12.0 Å². The number of hydrogen-bond donors (Lipinski definition) is 0. The monoisotopic (exact) mass is 207 g/mol. The van der Waals surface area contributed by atoms with E-state index in [9.17, 15) is 9.59 Å². The minimum Gasteiger partial charge on any atom is -0.328 e. The first kappa shape index (κ1) is 8.17. The Morgan fingerprint density at radius 3 is 3.14 bits per heavy atom. The van der Waals surface area contributed by atoms with Gasteiger partial charge in [0.2, 0.25) is 5.91 Å². The molecule has 1 saturated heterocycles. The van der Waals surface area contributed by atoms with Crippen molar-refractivity contribution >= 4 is 23.0 Å². The molecule has 0 aromatic carbocycles. The van der Waals surface area contributed by atoms with E-state index in [4.69, 9.17) is 0 Å². The van der Waals surface area contributed by atoms with E-state index in [1.54, 1.807) is 16.2 Å². The summed E-state index contributed by atoms with van der Waals surface area (Å²) in [7, 11) is 0. The Morgan fingerprint density at radius 1 is 1.43 bits per heavy atom. The van der Waals surface area contributed by atoms with E-state index < -0.39 is 0 Å². The van der Waals surface area contributed by atoms with Crippen LogP contribution < -0.4 is 0 Å². The average Bonchev–Trinajstić information content (AvgIpc) is 2.71. The largest absolute Gasteiger partial charge is 0.328 e. The van der Waals surface area contributed by atoms with E-state index in [-0.39, 0.29) is 24.2 Å². The van der Waals surface area contributed by atoms with Crippen molar-refractivity contribution in [1.82, 2.24) is 4.90 Å². The number of carbonyl (C=O) groups excluding carboxylic acids is 2. The molecule has 1 amide bonds. The number of carbonyl (C=O) groups is 2. The molecular weight excluding hydrogens is 198 g/mol. The Kier molecular flexibility index (Phi) is 1.56. The van der Waals surface area contributed by atoms with Gasteiger partial charge in [-0.3, -0.25) is 9.59 Å². The van der Waals surface area contributed by atoms with Gasteiger partial charge >= 0.3 is 0 Å². The van der Waals surface area contributed by atoms with Gasteiger partial charge in [0.05, 0.1) is 6.42 Å². The number of fused-ring (bicyclic) bond motifs is 3. The van der Waals surface area contributed by atoms with Crippen molar-refractivity contribution in [2.75, 3.05) is 6.54 Å². The molecule has 0 saturated carbocycles. The van der Waals surface area contributed by atoms with E-state index >= 15 is 0 Å². The van der Waals surface area contributed by atoms with Crippen LogP contribution in [0.25, 0.3) is 0 Å². The zero-order chi connectivity index (χ0) is 9.71. The van der Waals surface area contributed by atoms with E-state index in [0.29, 0.717) is 6.54 Å². The summed E-state index contributed by atoms with van der Waals surface area (Å²) in [5.41, 5.74) is 1.07. The fourth-order valence-electron chi connectivity index (χ4n) is 2.28. The number of thiophene rings is 1. The van der Waals surface area contributed by atoms with Crippen molar-refractivity contribution in [3.05, 3.63) is 21.9 Å². The summed E-state index contributed by atoms with van der Waals surface area (Å²) in [6.45, 7) is 0.711. The van der Waals surface area contributed by atoms with Gasteiger partial charge in [0.15, 0.2) is 5.78 Å². The molecule has 2 aliphatic heterocycles. The zero-order valence-electron chi connectivity index (χ0n) is 7.53. The Hall–Kier alpha value is -1.16. The first-order valence-corrected chi connectivity index (χ1v) is 5.54. The lowest BCUT2D eigenvalue weighted by Crippen LogP contribution is -2.34. The van der Waals surface area contributed by atoms with Gasteiger partial charge in [0.25, 0.3) is 0 Å². The summed E-state index contributed by atoms with van der Waals surface area (Å²) in [5, 5.41) is 2.00. The summed E-state index contributed by atoms with van der Waals surface area (Å²) in [6.07, 6.45) is 1.00. The minimum atomic E-state index is -0.252. The molecule has 3 heterocycles. The van der Waals surface area contributed by atoms with Gasteiger partial charge in [-0.25, -0.2) is 0 Å². The van der Waals surface area contributed by atoms with Crippen LogP contribution in [0.15, 0.2) is 11.4 Å². The molecule has 3 nitrogen and oxygen atoms in total. The zero-order valence-corrected chi connectivity index (χ0v) is 8.34. The minimum absolute atomic E-state index is 0.00292. The van der Waals surface area contributed by atoms with Gasteiger partial charge < -0.3 is 4.90 Å². The summed E-state index contributed by atoms with van der Waals surface area (Å²) >= 11 is 1.69. The van der Waals surface area contributed by atoms with Crippen molar-refractivity contribution < 1.29 is 9.59 Å². The number of rotatable bonds is 0. The van der Waals surface area contributed by atoms with Crippen molar-refractivity contribution in [1.29, 1.82) is 0 Å². The molecule has 0 aliphatic carbocycles. The highest BCUT2D eigenvalue weighted by molar-refractivity contribution is 7.10. The molecule has 1 atom stereocenters. The lowest BCUT2D eigenvalue weighted by atomic mass is 10.00. The third kappa shape index (κ3) is 0.917. The van der Waals surface area contributed by atoms with Crippen LogP contribution in [0.1, 0.15) is 22.9 Å². The van der Waals surface area contributed by atoms with Crippen LogP contribution in [0.4, 0.5) is 0 Å². The van der Waals surface area contributed by atoms with Gasteiger partial charge in [0.1, 0.15) is 6.04 Å². The molecule has 1 aromatic rings. The van der Waals surface area contributed by atoms with Crippen LogP contribution >= 0.6 is 11.3 Å². The van der Waals surface area contributed by atoms with Crippen LogP contribution in [0.5, 0.6) is 0 Å². The maximum Gasteiger partial charge on any atom is 0.231 e. The van der Waals surface area contributed by atoms with Crippen LogP contribution in [-0.2, 0) is 16.0 Å². The number of ketones is 1. The second-order valence-electron chi connectivity index (χ2n) is 3.68. The highest BCUT2D eigenvalue weighted by atomic mass is 32.1. The summed E-state index contributed by atoms with van der Waals surface area (Å²) < 4.78 is 0. The summed E-state index contributed by atoms with van der Waals surface area (Å²) in [4.78, 5) is 26.1. The third-order valence-electron chi connectivity index (χ3n) is 2.92. The predicted molar refractivity (Wildman–Crippen MR) is 52.1 cm³/mol. The van der Waals surface area contributed by atoms with Crippen molar-refractivity contribution in [3.8, 4) is 0 Å². The molecule has 0 N–H and O–H groups in total. The molecule has 0 spiro atoms. The summed E-state index contributed by atoms with van der Waals surface area (Å²) in [6, 6.07) is 1.73. The standard InChI is InChI=1S/C10H9NO2S/c12-7-5-9(13)11-3-1-8-6(10(7)11)2-4-14-8/h2,4,10H,1,3,5H2. The van der Waals surface area contributed by atoms with Crippen LogP contribution in [-0.4, -0.2) is 23.1 Å². The third-order valence-corrected chi connectivity index (χ3v) is 3.91. The molecule has 3 rings (SSSR count). The first-order valence-electron chi connectivity index (χ1n) is 4.66. The fourth-order valence-corrected chi connectivity index (χ4v) is 3.18. The lowest BCUT2D eigenvalue weighted by Gasteiger charge is -2.28. The molecular formula is C10H9NO2S. The normalized spacial score (nSPS) is 25.1. The maximum absolute atomic E-state index is 11.6. The molecule has 2 aliphatic rings. The van der Waals surface area contributed by atoms with Crippen molar-refractivity contribution in [2.45, 2.75) is 18.9 Å². The van der Waals surface area contributed by atoms with E-state index in [1.165, 1.54) is 4.88 Å². The second-order valence-corrected chi connectivity index (χ2v) is 4.68. The Morgan fingerprint density at radius 2 is 2.29 bits per heavy atom. The maximum atomic E-state index is 11.6. The average molecular weight is 207 g/mol. The molecule has 1 aromatic heterocycles. The van der Waals surface area contributed by atoms with Crippen LogP contribution in [0, 0.1) is 0 Å². The highest BCUT2D eigenvalue weighted by Gasteiger charge is 2.42. The lowest BCUT2D eigenvalue weighted by molar-refractivity contribution is -0.129. The summed E-state index contributed by atoms with van der Waals surface area (Å²) in [5.74, 6) is 0.0613. The van der Waals surface area contributed by atoms with Crippen LogP contribution in [0.3, 0.4) is 0 Å². The van der Waals surface area contributed by atoms with Crippen molar-refractivity contribution in [3.63, 3.8) is 0 Å². The first-order chi connectivity index (χ1) is 6.77. The van der Waals surface area contributed by atoms with E-state index in [1.807, 2.05) is 11.4 Å². The Labute approximate surface area is 85.3 Å². The number of nitrogens with zero attached hydrogens (tertiary/aromatic N) is 1. The van der Waals surface area contributed by atoms with Gasteiger partial charge in [-0.05, 0) is 23.4 Å². The Balaban J connectivity index is 2.12. The number of hydrogen-bond acceptors (Lipinski definition) is 3. The fraction of sp³-hybridized carbons (Fsp3) is 0.400. The molecule has 72 valence electrons. The quantitative estimate of drug-likeness (QED) is 0.598. The second kappa shape index (κ2) is 2.67. The molecule has 0 bridgehead atoms. The van der Waals surface area contributed by atoms with Crippen molar-refractivity contribution in [2.24, 2.45) is 0 Å². The van der Waals surface area contributed by atoms with Gasteiger partial charge in [0, 0.05) is 11.4 Å². The smallest absolute Gasteiger partial charge is 0.231 e. The molecule has 14 heavy (non-hydrogen) atoms. The number of Topliss-reactive ketones (excluding diaryl/α,β-unsaturated/α-hetero) is 1. The Bertz CT molecular complexity index is 424. The van der Waals surface area contributed by atoms with Gasteiger partial charge in [-0.15, -0.1) is 11.3 Å². The SMILES string of the molecule is O=C1CC(=O)N2CCc3sccc3C12. The van der Waals surface area contributed by atoms with E-state index in [2.05, 4.69) is 0 Å². The molecule has 4 heteroatoms. The molecule has 0 radical (unpaired) electrons. The molecule has 1 fully saturated rings. The van der Waals surface area contributed by atoms with Gasteiger partial charge in [-0.1, -0.05) is 0 Å². The number of amides is 1. The highest BCUT2D eigenvalue weighted by Crippen LogP contribution is 2.38. The van der Waals surface area contributed by atoms with Gasteiger partial charge in [-0.2, -0.15) is 0 Å². The van der Waals surface area contributed by atoms with Crippen LogP contribution in [0.2, 0.25) is 0 Å².